The standard InChI is InChI=1S/C45H58BCl2N3O7/c1-29(2)20-40(46-57-39-22-33-21-38(44(33,3)4)45(39,5)58-46)51-43(54)37(50-42(53)35-23-34(47)16-17-36(35)48)24-41(52)49-19-18-32(27-55-25-30-12-8-6-9-13-30)28-56-26-31-14-10-7-11-15-31/h6-17,23,29,32-33,37-40H,18-22,24-28H2,1-5H3,(H,49,52)(H,50,53)(H,51,54)/t33-,37-,38-,39+,40-,45-/m0/s1. The fourth-order valence-electron chi connectivity index (χ4n) is 8.94. The molecule has 3 aromatic carbocycles. The Morgan fingerprint density at radius 3 is 2.12 bits per heavy atom. The Labute approximate surface area is 353 Å². The summed E-state index contributed by atoms with van der Waals surface area (Å²) in [5, 5.41) is 9.35. The zero-order valence-electron chi connectivity index (χ0n) is 34.3. The van der Waals surface area contributed by atoms with Crippen LogP contribution < -0.4 is 16.0 Å². The maximum atomic E-state index is 14.3. The van der Waals surface area contributed by atoms with Crippen LogP contribution in [0.4, 0.5) is 0 Å². The van der Waals surface area contributed by atoms with Gasteiger partial charge in [-0.1, -0.05) is 112 Å². The SMILES string of the molecule is CC(C)C[C@H](NC(=O)[C@H](CC(=O)NCCC(COCc1ccccc1)COCc1ccccc1)NC(=O)c1cc(Cl)ccc1Cl)B1O[C@@H]2C[C@@H]3C[C@@H](C3(C)C)[C@]2(C)O1. The van der Waals surface area contributed by atoms with E-state index in [1.807, 2.05) is 60.7 Å². The summed E-state index contributed by atoms with van der Waals surface area (Å²) in [7, 11) is -0.672. The molecule has 3 aromatic rings. The molecule has 10 nitrogen and oxygen atoms in total. The molecule has 0 spiro atoms. The monoisotopic (exact) mass is 833 g/mol. The van der Waals surface area contributed by atoms with Crippen LogP contribution in [0.15, 0.2) is 78.9 Å². The molecule has 312 valence electrons. The first-order chi connectivity index (χ1) is 27.7. The Morgan fingerprint density at radius 2 is 1.52 bits per heavy atom. The zero-order chi connectivity index (χ0) is 41.5. The van der Waals surface area contributed by atoms with Crippen molar-refractivity contribution in [3.05, 3.63) is 106 Å². The minimum Gasteiger partial charge on any atom is -0.404 e. The number of hydrogen-bond acceptors (Lipinski definition) is 7. The molecule has 0 aromatic heterocycles. The van der Waals surface area contributed by atoms with E-state index in [4.69, 9.17) is 42.0 Å². The van der Waals surface area contributed by atoms with Crippen molar-refractivity contribution < 1.29 is 33.2 Å². The first-order valence-corrected chi connectivity index (χ1v) is 21.4. The van der Waals surface area contributed by atoms with Crippen molar-refractivity contribution in [3.63, 3.8) is 0 Å². The number of ether oxygens (including phenoxy) is 2. The Hall–Kier alpha value is -3.45. The number of hydrogen-bond donors (Lipinski definition) is 3. The Kier molecular flexibility index (Phi) is 15.0. The van der Waals surface area contributed by atoms with Crippen LogP contribution in [0.25, 0.3) is 0 Å². The third kappa shape index (κ3) is 11.0. The molecule has 4 aliphatic rings. The van der Waals surface area contributed by atoms with Crippen molar-refractivity contribution in [1.82, 2.24) is 16.0 Å². The fourth-order valence-corrected chi connectivity index (χ4v) is 9.32. The van der Waals surface area contributed by atoms with Gasteiger partial charge in [0.15, 0.2) is 0 Å². The molecule has 13 heteroatoms. The third-order valence-corrected chi connectivity index (χ3v) is 12.9. The minimum atomic E-state index is -1.23. The van der Waals surface area contributed by atoms with Crippen LogP contribution in [0.2, 0.25) is 10.0 Å². The van der Waals surface area contributed by atoms with Gasteiger partial charge >= 0.3 is 7.12 Å². The molecule has 2 bridgehead atoms. The second kappa shape index (κ2) is 19.7. The molecule has 1 saturated heterocycles. The fraction of sp³-hybridized carbons (Fsp3) is 0.533. The van der Waals surface area contributed by atoms with E-state index in [2.05, 4.69) is 50.6 Å². The highest BCUT2D eigenvalue weighted by atomic mass is 35.5. The molecule has 3 amide bonds. The van der Waals surface area contributed by atoms with Gasteiger partial charge in [-0.15, -0.1) is 0 Å². The molecule has 3 N–H and O–H groups in total. The zero-order valence-corrected chi connectivity index (χ0v) is 35.8. The van der Waals surface area contributed by atoms with Gasteiger partial charge < -0.3 is 34.7 Å². The molecule has 4 fully saturated rings. The van der Waals surface area contributed by atoms with E-state index in [1.165, 1.54) is 12.1 Å². The lowest BCUT2D eigenvalue weighted by atomic mass is 9.43. The Bertz CT molecular complexity index is 1810. The normalized spacial score (nSPS) is 22.8. The maximum absolute atomic E-state index is 14.3. The largest absolute Gasteiger partial charge is 0.481 e. The van der Waals surface area contributed by atoms with Gasteiger partial charge in [-0.3, -0.25) is 14.4 Å². The highest BCUT2D eigenvalue weighted by molar-refractivity contribution is 6.48. The second-order valence-electron chi connectivity index (χ2n) is 17.4. The lowest BCUT2D eigenvalue weighted by Crippen LogP contribution is -2.65. The smallest absolute Gasteiger partial charge is 0.404 e. The lowest BCUT2D eigenvalue weighted by Gasteiger charge is -2.64. The molecule has 1 aliphatic heterocycles. The first kappa shape index (κ1) is 44.1. The number of amides is 3. The van der Waals surface area contributed by atoms with Gasteiger partial charge in [0.05, 0.1) is 61.1 Å². The van der Waals surface area contributed by atoms with Crippen LogP contribution in [-0.4, -0.2) is 68.3 Å². The van der Waals surface area contributed by atoms with E-state index in [-0.39, 0.29) is 40.4 Å². The predicted molar refractivity (Wildman–Crippen MR) is 227 cm³/mol. The van der Waals surface area contributed by atoms with Crippen LogP contribution >= 0.6 is 23.2 Å². The molecule has 0 unspecified atom stereocenters. The molecular formula is C45H58BCl2N3O7. The van der Waals surface area contributed by atoms with Gasteiger partial charge in [-0.25, -0.2) is 0 Å². The molecule has 7 rings (SSSR count). The lowest BCUT2D eigenvalue weighted by molar-refractivity contribution is -0.199. The summed E-state index contributed by atoms with van der Waals surface area (Å²) in [4.78, 5) is 41.5. The topological polar surface area (TPSA) is 124 Å². The van der Waals surface area contributed by atoms with E-state index in [9.17, 15) is 14.4 Å². The number of rotatable bonds is 20. The summed E-state index contributed by atoms with van der Waals surface area (Å²) in [5.41, 5.74) is 1.94. The van der Waals surface area contributed by atoms with Gasteiger partial charge in [0.25, 0.3) is 5.91 Å². The van der Waals surface area contributed by atoms with Gasteiger partial charge in [0.1, 0.15) is 6.04 Å². The van der Waals surface area contributed by atoms with Crippen molar-refractivity contribution in [3.8, 4) is 0 Å². The summed E-state index contributed by atoms with van der Waals surface area (Å²) < 4.78 is 25.5. The minimum absolute atomic E-state index is 0.0123. The molecule has 3 saturated carbocycles. The second-order valence-corrected chi connectivity index (χ2v) is 18.3. The van der Waals surface area contributed by atoms with Gasteiger partial charge in [-0.2, -0.15) is 0 Å². The molecule has 0 radical (unpaired) electrons. The van der Waals surface area contributed by atoms with Crippen molar-refractivity contribution in [2.45, 2.75) is 104 Å². The number of carbonyl (C=O) groups excluding carboxylic acids is 3. The molecule has 58 heavy (non-hydrogen) atoms. The highest BCUT2D eigenvalue weighted by Gasteiger charge is 2.68. The van der Waals surface area contributed by atoms with Crippen molar-refractivity contribution in [1.29, 1.82) is 0 Å². The summed E-state index contributed by atoms with van der Waals surface area (Å²) in [6, 6.07) is 23.2. The van der Waals surface area contributed by atoms with Gasteiger partial charge in [0.2, 0.25) is 11.8 Å². The molecule has 1 heterocycles. The van der Waals surface area contributed by atoms with E-state index in [0.29, 0.717) is 62.7 Å². The molecular weight excluding hydrogens is 776 g/mol. The van der Waals surface area contributed by atoms with Crippen molar-refractivity contribution >= 4 is 48.0 Å². The maximum Gasteiger partial charge on any atom is 0.481 e. The van der Waals surface area contributed by atoms with Gasteiger partial charge in [0, 0.05) is 17.5 Å². The van der Waals surface area contributed by atoms with Crippen LogP contribution in [-0.2, 0) is 41.6 Å². The Morgan fingerprint density at radius 1 is 0.879 bits per heavy atom. The number of halogens is 2. The molecule has 6 atom stereocenters. The average Bonchev–Trinajstić information content (AvgIpc) is 3.56. The Balaban J connectivity index is 1.11. The summed E-state index contributed by atoms with van der Waals surface area (Å²) >= 11 is 12.6. The van der Waals surface area contributed by atoms with Crippen molar-refractivity contribution in [2.24, 2.45) is 29.1 Å². The quantitative estimate of drug-likeness (QED) is 0.0992. The van der Waals surface area contributed by atoms with E-state index >= 15 is 0 Å². The number of benzene rings is 3. The van der Waals surface area contributed by atoms with Crippen LogP contribution in [0.5, 0.6) is 0 Å². The summed E-state index contributed by atoms with van der Waals surface area (Å²) in [6.07, 6.45) is 2.79. The summed E-state index contributed by atoms with van der Waals surface area (Å²) in [6.45, 7) is 13.0. The van der Waals surface area contributed by atoms with Crippen molar-refractivity contribution in [2.75, 3.05) is 19.8 Å². The number of carbonyl (C=O) groups is 3. The van der Waals surface area contributed by atoms with Crippen LogP contribution in [0, 0.1) is 29.1 Å². The van der Waals surface area contributed by atoms with E-state index in [0.717, 1.165) is 24.0 Å². The molecule has 3 aliphatic carbocycles. The van der Waals surface area contributed by atoms with Crippen LogP contribution in [0.1, 0.15) is 88.2 Å². The average molecular weight is 835 g/mol. The summed E-state index contributed by atoms with van der Waals surface area (Å²) in [5.74, 6) is -0.949. The van der Waals surface area contributed by atoms with Gasteiger partial charge in [-0.05, 0) is 85.1 Å². The van der Waals surface area contributed by atoms with Crippen LogP contribution in [0.3, 0.4) is 0 Å². The van der Waals surface area contributed by atoms with E-state index in [1.54, 1.807) is 6.07 Å². The highest BCUT2D eigenvalue weighted by Crippen LogP contribution is 2.65. The van der Waals surface area contributed by atoms with E-state index < -0.39 is 42.4 Å². The number of nitrogens with one attached hydrogen (secondary N) is 3. The predicted octanol–water partition coefficient (Wildman–Crippen LogP) is 7.84. The third-order valence-electron chi connectivity index (χ3n) is 12.3. The first-order valence-electron chi connectivity index (χ1n) is 20.6.